The van der Waals surface area contributed by atoms with Crippen molar-refractivity contribution in [1.82, 2.24) is 0 Å². The Morgan fingerprint density at radius 2 is 1.77 bits per heavy atom. The molecule has 0 fully saturated rings. The van der Waals surface area contributed by atoms with Gasteiger partial charge in [0.15, 0.2) is 0 Å². The van der Waals surface area contributed by atoms with Crippen molar-refractivity contribution in [2.24, 2.45) is 5.41 Å². The average Bonchev–Trinajstić information content (AvgIpc) is 1.99. The summed E-state index contributed by atoms with van der Waals surface area (Å²) < 4.78 is 0. The minimum Gasteiger partial charge on any atom is -0.480 e. The molecule has 13 heavy (non-hydrogen) atoms. The molecular weight excluding hydrogens is 168 g/mol. The van der Waals surface area contributed by atoms with E-state index in [0.717, 1.165) is 5.57 Å². The van der Waals surface area contributed by atoms with Gasteiger partial charge in [-0.1, -0.05) is 11.6 Å². The minimum atomic E-state index is -1.27. The van der Waals surface area contributed by atoms with Crippen molar-refractivity contribution in [3.8, 4) is 0 Å². The Morgan fingerprint density at radius 1 is 1.31 bits per heavy atom. The number of ketones is 1. The van der Waals surface area contributed by atoms with Crippen LogP contribution in [0.15, 0.2) is 11.6 Å². The van der Waals surface area contributed by atoms with Gasteiger partial charge in [-0.25, -0.2) is 0 Å². The number of carboxylic acids is 1. The van der Waals surface area contributed by atoms with Crippen LogP contribution >= 0.6 is 0 Å². The first kappa shape index (κ1) is 11.9. The fourth-order valence-corrected chi connectivity index (χ4v) is 0.790. The van der Waals surface area contributed by atoms with Crippen LogP contribution in [0.2, 0.25) is 0 Å². The maximum absolute atomic E-state index is 11.1. The van der Waals surface area contributed by atoms with Gasteiger partial charge in [0.2, 0.25) is 0 Å². The fourth-order valence-electron chi connectivity index (χ4n) is 0.790. The van der Waals surface area contributed by atoms with Crippen molar-refractivity contribution in [1.29, 1.82) is 0 Å². The maximum atomic E-state index is 11.1. The first-order valence-corrected chi connectivity index (χ1v) is 4.18. The monoisotopic (exact) mass is 184 g/mol. The van der Waals surface area contributed by atoms with E-state index in [2.05, 4.69) is 0 Å². The number of allylic oxidation sites excluding steroid dienone is 2. The smallest absolute Gasteiger partial charge is 0.317 e. The van der Waals surface area contributed by atoms with Gasteiger partial charge in [-0.15, -0.1) is 0 Å². The molecule has 0 aromatic rings. The maximum Gasteiger partial charge on any atom is 0.317 e. The summed E-state index contributed by atoms with van der Waals surface area (Å²) in [6.45, 7) is 6.52. The van der Waals surface area contributed by atoms with Crippen LogP contribution in [0, 0.1) is 5.41 Å². The van der Waals surface area contributed by atoms with Crippen LogP contribution in [0.4, 0.5) is 0 Å². The number of Topliss-reactive ketones (excluding diaryl/α,β-unsaturated/α-hetero) is 1. The number of rotatable bonds is 4. The summed E-state index contributed by atoms with van der Waals surface area (Å²) in [5.74, 6) is -1.37. The summed E-state index contributed by atoms with van der Waals surface area (Å²) >= 11 is 0. The third-order valence-electron chi connectivity index (χ3n) is 2.17. The standard InChI is InChI=1S/C10H16O3/c1-7(2)5-6-10(4,8(3)11)9(12)13/h5H,6H2,1-4H3,(H,12,13). The van der Waals surface area contributed by atoms with Crippen molar-refractivity contribution in [2.75, 3.05) is 0 Å². The predicted molar refractivity (Wildman–Crippen MR) is 50.5 cm³/mol. The van der Waals surface area contributed by atoms with Crippen molar-refractivity contribution >= 4 is 11.8 Å². The molecule has 0 aromatic carbocycles. The minimum absolute atomic E-state index is 0.264. The van der Waals surface area contributed by atoms with Crippen LogP contribution in [0.1, 0.15) is 34.1 Å². The second-order valence-electron chi connectivity index (χ2n) is 3.68. The highest BCUT2D eigenvalue weighted by molar-refractivity contribution is 6.01. The average molecular weight is 184 g/mol. The lowest BCUT2D eigenvalue weighted by Crippen LogP contribution is -2.34. The Morgan fingerprint density at radius 3 is 2.00 bits per heavy atom. The summed E-state index contributed by atoms with van der Waals surface area (Å²) in [6.07, 6.45) is 2.04. The molecule has 1 atom stereocenters. The Balaban J connectivity index is 4.73. The highest BCUT2D eigenvalue weighted by Crippen LogP contribution is 2.24. The number of carbonyl (C=O) groups excluding carboxylic acids is 1. The zero-order valence-corrected chi connectivity index (χ0v) is 8.55. The van der Waals surface area contributed by atoms with Crippen molar-refractivity contribution < 1.29 is 14.7 Å². The zero-order valence-electron chi connectivity index (χ0n) is 8.55. The van der Waals surface area contributed by atoms with E-state index in [-0.39, 0.29) is 12.2 Å². The number of carbonyl (C=O) groups is 2. The summed E-state index contributed by atoms with van der Waals surface area (Å²) in [4.78, 5) is 21.9. The Labute approximate surface area is 78.5 Å². The van der Waals surface area contributed by atoms with Gasteiger partial charge in [0.1, 0.15) is 11.2 Å². The van der Waals surface area contributed by atoms with Gasteiger partial charge < -0.3 is 5.11 Å². The van der Waals surface area contributed by atoms with Gasteiger partial charge in [-0.3, -0.25) is 9.59 Å². The molecule has 0 saturated heterocycles. The normalized spacial score (nSPS) is 14.5. The van der Waals surface area contributed by atoms with Crippen LogP contribution in [0.5, 0.6) is 0 Å². The number of carboxylic acid groups (broad SMARTS) is 1. The molecule has 0 aliphatic heterocycles. The second-order valence-corrected chi connectivity index (χ2v) is 3.68. The molecule has 0 amide bonds. The largest absolute Gasteiger partial charge is 0.480 e. The van der Waals surface area contributed by atoms with Crippen LogP contribution in [-0.4, -0.2) is 16.9 Å². The SMILES string of the molecule is CC(=O)C(C)(CC=C(C)C)C(=O)O. The Bertz CT molecular complexity index is 233. The molecule has 0 spiro atoms. The molecule has 1 N–H and O–H groups in total. The van der Waals surface area contributed by atoms with Crippen LogP contribution in [-0.2, 0) is 9.59 Å². The third kappa shape index (κ3) is 3.01. The molecule has 74 valence electrons. The van der Waals surface area contributed by atoms with E-state index in [0.29, 0.717) is 0 Å². The first-order chi connectivity index (χ1) is 5.80. The fraction of sp³-hybridized carbons (Fsp3) is 0.600. The lowest BCUT2D eigenvalue weighted by Gasteiger charge is -2.19. The van der Waals surface area contributed by atoms with Crippen LogP contribution in [0.25, 0.3) is 0 Å². The van der Waals surface area contributed by atoms with E-state index in [9.17, 15) is 9.59 Å². The van der Waals surface area contributed by atoms with E-state index in [1.165, 1.54) is 13.8 Å². The summed E-state index contributed by atoms with van der Waals surface area (Å²) in [5, 5.41) is 8.87. The highest BCUT2D eigenvalue weighted by atomic mass is 16.4. The van der Waals surface area contributed by atoms with Gasteiger partial charge in [0.05, 0.1) is 0 Å². The molecule has 0 aliphatic rings. The predicted octanol–water partition coefficient (Wildman–Crippen LogP) is 2.02. The highest BCUT2D eigenvalue weighted by Gasteiger charge is 2.36. The molecule has 0 aliphatic carbocycles. The lowest BCUT2D eigenvalue weighted by molar-refractivity contribution is -0.152. The number of hydrogen-bond acceptors (Lipinski definition) is 2. The number of hydrogen-bond donors (Lipinski definition) is 1. The molecule has 0 rings (SSSR count). The third-order valence-corrected chi connectivity index (χ3v) is 2.17. The Kier molecular flexibility index (Phi) is 3.85. The van der Waals surface area contributed by atoms with Crippen LogP contribution < -0.4 is 0 Å². The molecule has 1 unspecified atom stereocenters. The van der Waals surface area contributed by atoms with Crippen molar-refractivity contribution in [3.63, 3.8) is 0 Å². The molecule has 0 bridgehead atoms. The van der Waals surface area contributed by atoms with Gasteiger partial charge in [-0.05, 0) is 34.1 Å². The molecule has 3 nitrogen and oxygen atoms in total. The van der Waals surface area contributed by atoms with Crippen molar-refractivity contribution in [2.45, 2.75) is 34.1 Å². The molecule has 0 aromatic heterocycles. The van der Waals surface area contributed by atoms with E-state index < -0.39 is 11.4 Å². The van der Waals surface area contributed by atoms with Crippen LogP contribution in [0.3, 0.4) is 0 Å². The van der Waals surface area contributed by atoms with E-state index in [1.54, 1.807) is 6.08 Å². The van der Waals surface area contributed by atoms with Gasteiger partial charge in [-0.2, -0.15) is 0 Å². The second kappa shape index (κ2) is 4.21. The zero-order chi connectivity index (χ0) is 10.6. The topological polar surface area (TPSA) is 54.4 Å². The van der Waals surface area contributed by atoms with Gasteiger partial charge >= 0.3 is 5.97 Å². The summed E-state index contributed by atoms with van der Waals surface area (Å²) in [6, 6.07) is 0. The molecule has 0 radical (unpaired) electrons. The Hall–Kier alpha value is -1.12. The van der Waals surface area contributed by atoms with Gasteiger partial charge in [0, 0.05) is 0 Å². The van der Waals surface area contributed by atoms with Crippen molar-refractivity contribution in [3.05, 3.63) is 11.6 Å². The molecule has 0 heterocycles. The van der Waals surface area contributed by atoms with Gasteiger partial charge in [0.25, 0.3) is 0 Å². The number of aliphatic carboxylic acids is 1. The van der Waals surface area contributed by atoms with E-state index in [1.807, 2.05) is 13.8 Å². The molecule has 0 saturated carbocycles. The molecule has 3 heteroatoms. The first-order valence-electron chi connectivity index (χ1n) is 4.18. The lowest BCUT2D eigenvalue weighted by atomic mass is 9.82. The summed E-state index contributed by atoms with van der Waals surface area (Å²) in [7, 11) is 0. The summed E-state index contributed by atoms with van der Waals surface area (Å²) in [5.41, 5.74) is -0.245. The van der Waals surface area contributed by atoms with E-state index in [4.69, 9.17) is 5.11 Å². The van der Waals surface area contributed by atoms with E-state index >= 15 is 0 Å². The quantitative estimate of drug-likeness (QED) is 0.537. The molecular formula is C10H16O3.